The van der Waals surface area contributed by atoms with Crippen LogP contribution in [0.4, 0.5) is 0 Å². The van der Waals surface area contributed by atoms with Gasteiger partial charge >= 0.3 is 11.9 Å². The third kappa shape index (κ3) is 211. The Labute approximate surface area is 121 Å². The van der Waals surface area contributed by atoms with Gasteiger partial charge in [0.15, 0.2) is 0 Å². The van der Waals surface area contributed by atoms with Gasteiger partial charge in [0.1, 0.15) is 0 Å². The maximum atomic E-state index is 9.29. The van der Waals surface area contributed by atoms with E-state index in [0.29, 0.717) is 0 Å². The summed E-state index contributed by atoms with van der Waals surface area (Å²) in [6.07, 6.45) is 0. The largest absolute Gasteiger partial charge is 0.481 e. The van der Waals surface area contributed by atoms with Crippen molar-refractivity contribution < 1.29 is 38.4 Å². The zero-order valence-corrected chi connectivity index (χ0v) is 12.3. The summed E-state index contributed by atoms with van der Waals surface area (Å²) in [5.41, 5.74) is 0. The van der Waals surface area contributed by atoms with Crippen molar-refractivity contribution in [3.8, 4) is 0 Å². The highest BCUT2D eigenvalue weighted by Crippen LogP contribution is 1.66. The second kappa shape index (κ2) is 19.8. The monoisotopic (exact) mass is 342 g/mol. The molecular weight excluding hydrogens is 324 g/mol. The molecule has 0 fully saturated rings. The first-order chi connectivity index (χ1) is 8.45. The van der Waals surface area contributed by atoms with Crippen LogP contribution >= 0.6 is 25.3 Å². The molecule has 118 valence electrons. The van der Waals surface area contributed by atoms with Crippen molar-refractivity contribution in [1.29, 1.82) is 0 Å². The van der Waals surface area contributed by atoms with Gasteiger partial charge in [-0.1, -0.05) is 0 Å². The lowest BCUT2D eigenvalue weighted by Gasteiger charge is -1.72. The summed E-state index contributed by atoms with van der Waals surface area (Å²) in [6, 6.07) is 0. The summed E-state index contributed by atoms with van der Waals surface area (Å²) in [6.45, 7) is -0.250. The fourth-order valence-corrected chi connectivity index (χ4v) is 0. The van der Waals surface area contributed by atoms with E-state index >= 15 is 0 Å². The van der Waals surface area contributed by atoms with Gasteiger partial charge in [0, 0.05) is 0 Å². The average Bonchev–Trinajstić information content (AvgIpc) is 2.27. The van der Waals surface area contributed by atoms with Crippen LogP contribution in [0, 0.1) is 0 Å². The lowest BCUT2D eigenvalue weighted by atomic mass is 10.8. The van der Waals surface area contributed by atoms with Crippen LogP contribution in [0.1, 0.15) is 0 Å². The summed E-state index contributed by atoms with van der Waals surface area (Å²) in [4.78, 5) is 18.6. The molecule has 8 N–H and O–H groups in total. The van der Waals surface area contributed by atoms with E-state index in [4.69, 9.17) is 20.4 Å². The van der Waals surface area contributed by atoms with E-state index in [0.717, 1.165) is 0 Å². The molecule has 0 aromatic heterocycles. The van der Waals surface area contributed by atoms with Crippen LogP contribution in [0.2, 0.25) is 0 Å². The Hall–Kier alpha value is -0.570. The van der Waals surface area contributed by atoms with Gasteiger partial charge in [0.2, 0.25) is 0 Å². The normalized spacial score (nSPS) is 8.53. The Bertz CT molecular complexity index is 284. The van der Waals surface area contributed by atoms with Crippen LogP contribution in [0.15, 0.2) is 0 Å². The number of carboxylic acids is 2. The third-order valence-corrected chi connectivity index (χ3v) is 0.912. The molecule has 10 nitrogen and oxygen atoms in total. The van der Waals surface area contributed by atoms with E-state index in [1.165, 1.54) is 0 Å². The first-order valence-corrected chi connectivity index (χ1v) is 7.01. The molecule has 0 aromatic carbocycles. The van der Waals surface area contributed by atoms with Crippen LogP contribution in [0.3, 0.4) is 0 Å². The molecule has 0 aliphatic rings. The smallest absolute Gasteiger partial charge is 0.313 e. The number of rotatable bonds is 3. The standard InChI is InChI=1S/2C2H4O2S.C2H6O2.H4N2O2S/c2*3-2(4)1-5;3-1-2-4;1-5(2,3)4/h2*5H,1H2,(H,3,4);3-4H,1-2H2;(H4,1,2,3,4). The summed E-state index contributed by atoms with van der Waals surface area (Å²) in [5, 5.41) is 38.8. The van der Waals surface area contributed by atoms with Gasteiger partial charge in [0.05, 0.1) is 24.7 Å². The van der Waals surface area contributed by atoms with Gasteiger partial charge in [-0.15, -0.1) is 0 Å². The molecule has 13 heteroatoms. The van der Waals surface area contributed by atoms with Crippen molar-refractivity contribution in [2.24, 2.45) is 10.3 Å². The molecule has 0 radical (unpaired) electrons. The molecule has 0 rings (SSSR count). The average molecular weight is 342 g/mol. The molecule has 0 heterocycles. The maximum Gasteiger partial charge on any atom is 0.313 e. The molecular formula is C6H18N2O8S3. The molecule has 19 heavy (non-hydrogen) atoms. The summed E-state index contributed by atoms with van der Waals surface area (Å²) in [5.74, 6) is -1.93. The molecule has 0 unspecified atom stereocenters. The van der Waals surface area contributed by atoms with Gasteiger partial charge in [-0.25, -0.2) is 10.3 Å². The van der Waals surface area contributed by atoms with E-state index in [2.05, 4.69) is 35.5 Å². The summed E-state index contributed by atoms with van der Waals surface area (Å²) in [7, 11) is -3.67. The molecule has 0 amide bonds. The highest BCUT2D eigenvalue weighted by atomic mass is 32.2. The zero-order chi connectivity index (χ0) is 16.5. The molecule has 0 atom stereocenters. The Balaban J connectivity index is -0.0000000793. The third-order valence-electron chi connectivity index (χ3n) is 0.371. The van der Waals surface area contributed by atoms with Crippen molar-refractivity contribution in [1.82, 2.24) is 0 Å². The zero-order valence-electron chi connectivity index (χ0n) is 9.71. The number of aliphatic carboxylic acids is 2. The first-order valence-electron chi connectivity index (χ1n) is 4.13. The van der Waals surface area contributed by atoms with E-state index in [1.54, 1.807) is 0 Å². The predicted molar refractivity (Wildman–Crippen MR) is 74.4 cm³/mol. The Morgan fingerprint density at radius 3 is 1.00 bits per heavy atom. The van der Waals surface area contributed by atoms with E-state index in [9.17, 15) is 18.0 Å². The van der Waals surface area contributed by atoms with E-state index in [-0.39, 0.29) is 24.7 Å². The minimum Gasteiger partial charge on any atom is -0.481 e. The molecule has 0 saturated carbocycles. The van der Waals surface area contributed by atoms with Gasteiger partial charge in [-0.3, -0.25) is 9.59 Å². The fraction of sp³-hybridized carbons (Fsp3) is 0.667. The van der Waals surface area contributed by atoms with Crippen LogP contribution in [-0.4, -0.2) is 65.5 Å². The van der Waals surface area contributed by atoms with Gasteiger partial charge in [-0.2, -0.15) is 33.7 Å². The molecule has 0 aliphatic carbocycles. The van der Waals surface area contributed by atoms with Crippen LogP contribution in [0.5, 0.6) is 0 Å². The van der Waals surface area contributed by atoms with Gasteiger partial charge in [0.25, 0.3) is 10.2 Å². The highest BCUT2D eigenvalue weighted by molar-refractivity contribution is 7.86. The highest BCUT2D eigenvalue weighted by Gasteiger charge is 1.82. The minimum absolute atomic E-state index is 0.0833. The predicted octanol–water partition coefficient (Wildman–Crippen LogP) is -2.88. The molecule has 0 bridgehead atoms. The number of hydrogen-bond acceptors (Lipinski definition) is 8. The number of aliphatic hydroxyl groups is 2. The Kier molecular flexibility index (Phi) is 28.0. The second-order valence-electron chi connectivity index (χ2n) is 2.14. The topological polar surface area (TPSA) is 201 Å². The first kappa shape index (κ1) is 26.9. The SMILES string of the molecule is NS(N)(=O)=O.O=C(O)CS.O=C(O)CS.OCCO. The van der Waals surface area contributed by atoms with Crippen LogP contribution in [0.25, 0.3) is 0 Å². The number of aliphatic hydroxyl groups excluding tert-OH is 2. The van der Waals surface area contributed by atoms with Gasteiger partial charge < -0.3 is 20.4 Å². The van der Waals surface area contributed by atoms with E-state index < -0.39 is 22.1 Å². The van der Waals surface area contributed by atoms with Gasteiger partial charge in [-0.05, 0) is 0 Å². The number of carbonyl (C=O) groups is 2. The van der Waals surface area contributed by atoms with Crippen LogP contribution in [-0.2, 0) is 19.8 Å². The lowest BCUT2D eigenvalue weighted by Crippen LogP contribution is -2.21. The number of nitrogens with two attached hydrogens (primary N) is 2. The van der Waals surface area contributed by atoms with Crippen molar-refractivity contribution in [3.05, 3.63) is 0 Å². The van der Waals surface area contributed by atoms with Crippen molar-refractivity contribution >= 4 is 47.4 Å². The summed E-state index contributed by atoms with van der Waals surface area (Å²) >= 11 is 6.83. The molecule has 0 spiro atoms. The molecule has 0 aliphatic heterocycles. The van der Waals surface area contributed by atoms with Crippen molar-refractivity contribution in [3.63, 3.8) is 0 Å². The second-order valence-corrected chi connectivity index (χ2v) is 3.95. The minimum atomic E-state index is -3.67. The van der Waals surface area contributed by atoms with Crippen molar-refractivity contribution in [2.75, 3.05) is 24.7 Å². The number of thiol groups is 2. The van der Waals surface area contributed by atoms with E-state index in [1.807, 2.05) is 0 Å². The molecule has 0 aromatic rings. The Morgan fingerprint density at radius 2 is 1.00 bits per heavy atom. The summed E-state index contributed by atoms with van der Waals surface area (Å²) < 4.78 is 18.4. The fourth-order valence-electron chi connectivity index (χ4n) is 0. The number of hydrogen-bond donors (Lipinski definition) is 8. The maximum absolute atomic E-state index is 9.29. The van der Waals surface area contributed by atoms with Crippen LogP contribution < -0.4 is 10.3 Å². The molecule has 0 saturated heterocycles. The number of carboxylic acid groups (broad SMARTS) is 2. The Morgan fingerprint density at radius 1 is 0.895 bits per heavy atom. The lowest BCUT2D eigenvalue weighted by molar-refractivity contribution is -0.134. The quantitative estimate of drug-likeness (QED) is 0.250. The van der Waals surface area contributed by atoms with Crippen molar-refractivity contribution in [2.45, 2.75) is 0 Å².